The van der Waals surface area contributed by atoms with Gasteiger partial charge >= 0.3 is 0 Å². The van der Waals surface area contributed by atoms with Crippen LogP contribution in [0.2, 0.25) is 0 Å². The zero-order valence-electron chi connectivity index (χ0n) is 10.9. The van der Waals surface area contributed by atoms with Crippen molar-refractivity contribution >= 4 is 23.3 Å². The summed E-state index contributed by atoms with van der Waals surface area (Å²) < 4.78 is 5.20. The zero-order valence-corrected chi connectivity index (χ0v) is 12.5. The lowest BCUT2D eigenvalue weighted by atomic mass is 10.1. The van der Waals surface area contributed by atoms with Crippen LogP contribution in [0.15, 0.2) is 27.4 Å². The maximum absolute atomic E-state index is 4.37. The van der Waals surface area contributed by atoms with Crippen LogP contribution in [-0.4, -0.2) is 15.9 Å². The summed E-state index contributed by atoms with van der Waals surface area (Å²) in [6.45, 7) is 8.13. The average molecular weight is 279 g/mol. The molecule has 18 heavy (non-hydrogen) atoms. The standard InChI is InChI=1S/C13H17N3S2/c1-4-14-8-11-5-6-12(7-9(11)2)17-13-15-10(3)16-18-13/h5-7,14H,4,8H2,1-3H3. The number of hydrogen-bond donors (Lipinski definition) is 1. The predicted molar refractivity (Wildman–Crippen MR) is 77.3 cm³/mol. The van der Waals surface area contributed by atoms with Crippen molar-refractivity contribution in [3.8, 4) is 0 Å². The van der Waals surface area contributed by atoms with E-state index in [1.807, 2.05) is 6.92 Å². The topological polar surface area (TPSA) is 37.8 Å². The molecule has 1 heterocycles. The van der Waals surface area contributed by atoms with Gasteiger partial charge in [0, 0.05) is 11.4 Å². The monoisotopic (exact) mass is 279 g/mol. The molecule has 0 unspecified atom stereocenters. The normalized spacial score (nSPS) is 10.8. The Labute approximate surface area is 116 Å². The van der Waals surface area contributed by atoms with Crippen molar-refractivity contribution < 1.29 is 0 Å². The lowest BCUT2D eigenvalue weighted by Gasteiger charge is -2.07. The molecule has 2 rings (SSSR count). The van der Waals surface area contributed by atoms with Gasteiger partial charge in [0.1, 0.15) is 5.82 Å². The molecule has 0 fully saturated rings. The van der Waals surface area contributed by atoms with Gasteiger partial charge in [-0.2, -0.15) is 4.37 Å². The van der Waals surface area contributed by atoms with Gasteiger partial charge in [-0.25, -0.2) is 4.98 Å². The summed E-state index contributed by atoms with van der Waals surface area (Å²) in [7, 11) is 0. The second-order valence-corrected chi connectivity index (χ2v) is 6.15. The predicted octanol–water partition coefficient (Wildman–Crippen LogP) is 3.42. The van der Waals surface area contributed by atoms with Gasteiger partial charge in [0.05, 0.1) is 0 Å². The molecule has 5 heteroatoms. The highest BCUT2D eigenvalue weighted by Gasteiger charge is 2.05. The van der Waals surface area contributed by atoms with Crippen LogP contribution in [0.4, 0.5) is 0 Å². The summed E-state index contributed by atoms with van der Waals surface area (Å²) in [6.07, 6.45) is 0. The maximum Gasteiger partial charge on any atom is 0.174 e. The van der Waals surface area contributed by atoms with Crippen molar-refractivity contribution in [3.63, 3.8) is 0 Å². The molecule has 2 aromatic rings. The van der Waals surface area contributed by atoms with E-state index in [4.69, 9.17) is 0 Å². The van der Waals surface area contributed by atoms with Crippen molar-refractivity contribution in [1.82, 2.24) is 14.7 Å². The van der Waals surface area contributed by atoms with Crippen molar-refractivity contribution in [2.45, 2.75) is 36.6 Å². The van der Waals surface area contributed by atoms with Gasteiger partial charge in [0.15, 0.2) is 4.34 Å². The van der Waals surface area contributed by atoms with Gasteiger partial charge in [0.2, 0.25) is 0 Å². The number of nitrogens with one attached hydrogen (secondary N) is 1. The van der Waals surface area contributed by atoms with E-state index in [1.165, 1.54) is 27.6 Å². The van der Waals surface area contributed by atoms with Crippen LogP contribution in [-0.2, 0) is 6.54 Å². The van der Waals surface area contributed by atoms with Gasteiger partial charge in [-0.05, 0) is 55.2 Å². The van der Waals surface area contributed by atoms with E-state index in [9.17, 15) is 0 Å². The molecule has 0 bridgehead atoms. The molecule has 96 valence electrons. The first-order chi connectivity index (χ1) is 8.69. The Bertz CT molecular complexity index is 523. The third kappa shape index (κ3) is 3.54. The molecule has 0 aliphatic heterocycles. The minimum Gasteiger partial charge on any atom is -0.313 e. The Morgan fingerprint density at radius 3 is 2.78 bits per heavy atom. The van der Waals surface area contributed by atoms with E-state index in [-0.39, 0.29) is 0 Å². The van der Waals surface area contributed by atoms with Crippen molar-refractivity contribution in [2.24, 2.45) is 0 Å². The Morgan fingerprint density at radius 1 is 1.33 bits per heavy atom. The number of aromatic nitrogens is 2. The first kappa shape index (κ1) is 13.5. The van der Waals surface area contributed by atoms with E-state index in [1.54, 1.807) is 11.8 Å². The molecule has 0 radical (unpaired) electrons. The number of nitrogens with zero attached hydrogens (tertiary/aromatic N) is 2. The average Bonchev–Trinajstić information content (AvgIpc) is 2.74. The molecule has 1 aromatic carbocycles. The SMILES string of the molecule is CCNCc1ccc(Sc2nc(C)ns2)cc1C. The fourth-order valence-electron chi connectivity index (χ4n) is 1.61. The lowest BCUT2D eigenvalue weighted by molar-refractivity contribution is 0.723. The number of hydrogen-bond acceptors (Lipinski definition) is 5. The fourth-order valence-corrected chi connectivity index (χ4v) is 3.33. The summed E-state index contributed by atoms with van der Waals surface area (Å²) in [4.78, 5) is 5.59. The number of rotatable bonds is 5. The van der Waals surface area contributed by atoms with Crippen LogP contribution in [0.25, 0.3) is 0 Å². The molecule has 3 nitrogen and oxygen atoms in total. The summed E-state index contributed by atoms with van der Waals surface area (Å²) in [5, 5.41) is 3.35. The van der Waals surface area contributed by atoms with E-state index in [0.29, 0.717) is 0 Å². The van der Waals surface area contributed by atoms with Crippen molar-refractivity contribution in [2.75, 3.05) is 6.54 Å². The lowest BCUT2D eigenvalue weighted by Crippen LogP contribution is -2.12. The molecule has 0 atom stereocenters. The van der Waals surface area contributed by atoms with E-state index < -0.39 is 0 Å². The highest BCUT2D eigenvalue weighted by atomic mass is 32.2. The quantitative estimate of drug-likeness (QED) is 0.910. The molecule has 1 N–H and O–H groups in total. The van der Waals surface area contributed by atoms with Crippen molar-refractivity contribution in [1.29, 1.82) is 0 Å². The first-order valence-corrected chi connectivity index (χ1v) is 7.56. The van der Waals surface area contributed by atoms with E-state index >= 15 is 0 Å². The highest BCUT2D eigenvalue weighted by molar-refractivity contribution is 8.01. The Morgan fingerprint density at radius 2 is 2.17 bits per heavy atom. The summed E-state index contributed by atoms with van der Waals surface area (Å²) in [5.41, 5.74) is 2.68. The van der Waals surface area contributed by atoms with Gasteiger partial charge in [0.25, 0.3) is 0 Å². The van der Waals surface area contributed by atoms with Crippen LogP contribution in [0, 0.1) is 13.8 Å². The Kier molecular flexibility index (Phi) is 4.74. The molecule has 0 spiro atoms. The molecule has 0 aliphatic rings. The summed E-state index contributed by atoms with van der Waals surface area (Å²) in [5.74, 6) is 0.850. The first-order valence-electron chi connectivity index (χ1n) is 5.97. The van der Waals surface area contributed by atoms with E-state index in [2.05, 4.69) is 46.7 Å². The fraction of sp³-hybridized carbons (Fsp3) is 0.385. The largest absolute Gasteiger partial charge is 0.313 e. The summed E-state index contributed by atoms with van der Waals surface area (Å²) in [6, 6.07) is 6.56. The molecule has 0 saturated carbocycles. The molecule has 0 amide bonds. The van der Waals surface area contributed by atoms with Gasteiger partial charge in [-0.15, -0.1) is 0 Å². The van der Waals surface area contributed by atoms with Crippen molar-refractivity contribution in [3.05, 3.63) is 35.2 Å². The summed E-state index contributed by atoms with van der Waals surface area (Å²) >= 11 is 3.14. The molecule has 0 saturated heterocycles. The molecular weight excluding hydrogens is 262 g/mol. The highest BCUT2D eigenvalue weighted by Crippen LogP contribution is 2.30. The van der Waals surface area contributed by atoms with Crippen LogP contribution < -0.4 is 5.32 Å². The van der Waals surface area contributed by atoms with E-state index in [0.717, 1.165) is 23.3 Å². The van der Waals surface area contributed by atoms with Gasteiger partial charge < -0.3 is 5.32 Å². The Balaban J connectivity index is 2.08. The van der Waals surface area contributed by atoms with Crippen LogP contribution in [0.1, 0.15) is 23.9 Å². The third-order valence-electron chi connectivity index (χ3n) is 2.59. The van der Waals surface area contributed by atoms with Gasteiger partial charge in [-0.3, -0.25) is 0 Å². The minimum atomic E-state index is 0.850. The third-order valence-corrected chi connectivity index (χ3v) is 4.43. The second kappa shape index (κ2) is 6.31. The molecule has 1 aromatic heterocycles. The molecule has 0 aliphatic carbocycles. The van der Waals surface area contributed by atoms with Crippen LogP contribution >= 0.6 is 23.3 Å². The second-order valence-electron chi connectivity index (χ2n) is 4.08. The van der Waals surface area contributed by atoms with Crippen LogP contribution in [0.5, 0.6) is 0 Å². The van der Waals surface area contributed by atoms with Crippen LogP contribution in [0.3, 0.4) is 0 Å². The zero-order chi connectivity index (χ0) is 13.0. The molecular formula is C13H17N3S2. The minimum absolute atomic E-state index is 0.850. The van der Waals surface area contributed by atoms with Gasteiger partial charge in [-0.1, -0.05) is 24.8 Å². The maximum atomic E-state index is 4.37. The number of aryl methyl sites for hydroxylation is 2. The smallest absolute Gasteiger partial charge is 0.174 e. The Hall–Kier alpha value is -0.910. The number of benzene rings is 1.